The third-order valence-electron chi connectivity index (χ3n) is 1.86. The molecule has 1 aliphatic heterocycles. The maximum Gasteiger partial charge on any atom is 0.0592 e. The molecule has 0 N–H and O–H groups in total. The van der Waals surface area contributed by atoms with Crippen molar-refractivity contribution in [2.24, 2.45) is 0 Å². The summed E-state index contributed by atoms with van der Waals surface area (Å²) >= 11 is 3.98. The van der Waals surface area contributed by atoms with E-state index >= 15 is 0 Å². The first kappa shape index (κ1) is 10.5. The average molecular weight is 204 g/mol. The lowest BCUT2D eigenvalue weighted by Crippen LogP contribution is -2.16. The van der Waals surface area contributed by atoms with Crippen LogP contribution < -0.4 is 0 Å². The van der Waals surface area contributed by atoms with Gasteiger partial charge in [-0.15, -0.1) is 23.5 Å². The number of ether oxygens (including phenoxy) is 1. The van der Waals surface area contributed by atoms with Gasteiger partial charge in [-0.2, -0.15) is 0 Å². The Kier molecular flexibility index (Phi) is 4.54. The Bertz CT molecular complexity index is 177. The number of rotatable bonds is 3. The van der Waals surface area contributed by atoms with E-state index in [1.54, 1.807) is 12.0 Å². The van der Waals surface area contributed by atoms with Crippen LogP contribution in [0.15, 0.2) is 9.81 Å². The predicted octanol–water partition coefficient (Wildman–Crippen LogP) is 3.12. The van der Waals surface area contributed by atoms with Gasteiger partial charge in [0.05, 0.1) is 6.61 Å². The molecule has 0 saturated carbocycles. The second kappa shape index (κ2) is 5.20. The molecule has 0 amide bonds. The third kappa shape index (κ3) is 2.71. The first-order valence-electron chi connectivity index (χ1n) is 4.26. The molecule has 1 unspecified atom stereocenters. The molecule has 0 saturated heterocycles. The van der Waals surface area contributed by atoms with Gasteiger partial charge in [0.2, 0.25) is 0 Å². The van der Waals surface area contributed by atoms with Crippen molar-refractivity contribution in [3.63, 3.8) is 0 Å². The Morgan fingerprint density at radius 2 is 2.33 bits per heavy atom. The van der Waals surface area contributed by atoms with Crippen LogP contribution in [0.1, 0.15) is 20.3 Å². The standard InChI is InChI=1S/C9H16OS2/c1-4-9-7(2)11-6-8(12-9)5-10-3/h8H,4-6H2,1-3H3. The van der Waals surface area contributed by atoms with E-state index in [2.05, 4.69) is 13.8 Å². The molecule has 0 aromatic heterocycles. The van der Waals surface area contributed by atoms with Gasteiger partial charge in [-0.3, -0.25) is 0 Å². The summed E-state index contributed by atoms with van der Waals surface area (Å²) < 4.78 is 5.15. The van der Waals surface area contributed by atoms with Crippen molar-refractivity contribution in [2.45, 2.75) is 25.5 Å². The van der Waals surface area contributed by atoms with E-state index in [-0.39, 0.29) is 0 Å². The topological polar surface area (TPSA) is 9.23 Å². The fourth-order valence-corrected chi connectivity index (χ4v) is 3.79. The highest BCUT2D eigenvalue weighted by molar-refractivity contribution is 8.10. The second-order valence-corrected chi connectivity index (χ2v) is 5.47. The molecule has 70 valence electrons. The van der Waals surface area contributed by atoms with Crippen molar-refractivity contribution in [2.75, 3.05) is 19.5 Å². The normalized spacial score (nSPS) is 24.8. The van der Waals surface area contributed by atoms with Gasteiger partial charge in [0.25, 0.3) is 0 Å². The minimum Gasteiger partial charge on any atom is -0.383 e. The van der Waals surface area contributed by atoms with Crippen LogP contribution in [0.4, 0.5) is 0 Å². The zero-order chi connectivity index (χ0) is 8.97. The van der Waals surface area contributed by atoms with Gasteiger partial charge in [-0.25, -0.2) is 0 Å². The molecule has 1 atom stereocenters. The molecule has 0 radical (unpaired) electrons. The smallest absolute Gasteiger partial charge is 0.0592 e. The van der Waals surface area contributed by atoms with Gasteiger partial charge in [-0.1, -0.05) is 6.92 Å². The molecule has 0 aliphatic carbocycles. The fourth-order valence-electron chi connectivity index (χ4n) is 1.22. The molecular weight excluding hydrogens is 188 g/mol. The van der Waals surface area contributed by atoms with Crippen LogP contribution in [0.5, 0.6) is 0 Å². The van der Waals surface area contributed by atoms with Crippen LogP contribution in [0.3, 0.4) is 0 Å². The number of methoxy groups -OCH3 is 1. The Hall–Kier alpha value is 0.400. The van der Waals surface area contributed by atoms with E-state index in [1.165, 1.54) is 17.1 Å². The SMILES string of the molecule is CCC1=C(C)SCC(COC)S1. The molecule has 0 aromatic carbocycles. The minimum atomic E-state index is 0.665. The van der Waals surface area contributed by atoms with Crippen LogP contribution in [0.2, 0.25) is 0 Å². The summed E-state index contributed by atoms with van der Waals surface area (Å²) in [5.74, 6) is 1.20. The summed E-state index contributed by atoms with van der Waals surface area (Å²) in [6.45, 7) is 5.33. The quantitative estimate of drug-likeness (QED) is 0.699. The summed E-state index contributed by atoms with van der Waals surface area (Å²) in [6, 6.07) is 0. The van der Waals surface area contributed by atoms with Crippen molar-refractivity contribution in [1.29, 1.82) is 0 Å². The van der Waals surface area contributed by atoms with Crippen LogP contribution in [0, 0.1) is 0 Å². The van der Waals surface area contributed by atoms with Crippen LogP contribution in [-0.2, 0) is 4.74 Å². The van der Waals surface area contributed by atoms with Crippen molar-refractivity contribution in [1.82, 2.24) is 0 Å². The van der Waals surface area contributed by atoms with E-state index in [9.17, 15) is 0 Å². The predicted molar refractivity (Wildman–Crippen MR) is 58.7 cm³/mol. The zero-order valence-corrected chi connectivity index (χ0v) is 9.56. The Labute approximate surface area is 83.3 Å². The van der Waals surface area contributed by atoms with E-state index in [4.69, 9.17) is 4.74 Å². The highest BCUT2D eigenvalue weighted by atomic mass is 32.2. The largest absolute Gasteiger partial charge is 0.383 e. The van der Waals surface area contributed by atoms with Crippen molar-refractivity contribution in [3.8, 4) is 0 Å². The maximum absolute atomic E-state index is 5.15. The molecule has 1 aliphatic rings. The number of hydrogen-bond donors (Lipinski definition) is 0. The first-order chi connectivity index (χ1) is 5.77. The summed E-state index contributed by atoms with van der Waals surface area (Å²) in [7, 11) is 1.78. The van der Waals surface area contributed by atoms with Crippen LogP contribution in [0.25, 0.3) is 0 Å². The molecule has 0 bridgehead atoms. The third-order valence-corrected chi connectivity index (χ3v) is 4.97. The number of hydrogen-bond acceptors (Lipinski definition) is 3. The van der Waals surface area contributed by atoms with E-state index in [1.807, 2.05) is 23.5 Å². The summed E-state index contributed by atoms with van der Waals surface area (Å²) in [6.07, 6.45) is 1.17. The second-order valence-electron chi connectivity index (χ2n) is 2.84. The Morgan fingerprint density at radius 3 is 2.92 bits per heavy atom. The van der Waals surface area contributed by atoms with Gasteiger partial charge in [0.1, 0.15) is 0 Å². The molecule has 3 heteroatoms. The highest BCUT2D eigenvalue weighted by Crippen LogP contribution is 2.39. The minimum absolute atomic E-state index is 0.665. The molecule has 0 aromatic rings. The molecule has 12 heavy (non-hydrogen) atoms. The van der Waals surface area contributed by atoms with E-state index < -0.39 is 0 Å². The molecular formula is C9H16OS2. The molecule has 1 nitrogen and oxygen atoms in total. The summed E-state index contributed by atoms with van der Waals surface area (Å²) in [5.41, 5.74) is 0. The summed E-state index contributed by atoms with van der Waals surface area (Å²) in [4.78, 5) is 3.06. The van der Waals surface area contributed by atoms with Gasteiger partial charge >= 0.3 is 0 Å². The van der Waals surface area contributed by atoms with Gasteiger partial charge in [-0.05, 0) is 23.2 Å². The van der Waals surface area contributed by atoms with Gasteiger partial charge < -0.3 is 4.74 Å². The molecule has 0 fully saturated rings. The monoisotopic (exact) mass is 204 g/mol. The maximum atomic E-state index is 5.15. The van der Waals surface area contributed by atoms with E-state index in [0.29, 0.717) is 5.25 Å². The number of thioether (sulfide) groups is 2. The first-order valence-corrected chi connectivity index (χ1v) is 6.12. The van der Waals surface area contributed by atoms with Crippen molar-refractivity contribution >= 4 is 23.5 Å². The lowest BCUT2D eigenvalue weighted by Gasteiger charge is -2.23. The highest BCUT2D eigenvalue weighted by Gasteiger charge is 2.18. The van der Waals surface area contributed by atoms with Crippen LogP contribution in [-0.4, -0.2) is 24.7 Å². The Balaban J connectivity index is 2.49. The van der Waals surface area contributed by atoms with Gasteiger partial charge in [0, 0.05) is 18.1 Å². The van der Waals surface area contributed by atoms with E-state index in [0.717, 1.165) is 6.61 Å². The molecule has 1 rings (SSSR count). The fraction of sp³-hybridized carbons (Fsp3) is 0.778. The molecule has 1 heterocycles. The van der Waals surface area contributed by atoms with Crippen molar-refractivity contribution in [3.05, 3.63) is 9.81 Å². The van der Waals surface area contributed by atoms with Gasteiger partial charge in [0.15, 0.2) is 0 Å². The molecule has 0 spiro atoms. The van der Waals surface area contributed by atoms with Crippen LogP contribution >= 0.6 is 23.5 Å². The Morgan fingerprint density at radius 1 is 1.58 bits per heavy atom. The average Bonchev–Trinajstić information content (AvgIpc) is 2.09. The lowest BCUT2D eigenvalue weighted by molar-refractivity contribution is 0.204. The zero-order valence-electron chi connectivity index (χ0n) is 7.92. The summed E-state index contributed by atoms with van der Waals surface area (Å²) in [5, 5.41) is 0.665. The van der Waals surface area contributed by atoms with Crippen molar-refractivity contribution < 1.29 is 4.74 Å². The lowest BCUT2D eigenvalue weighted by atomic mass is 10.4. The number of allylic oxidation sites excluding steroid dienone is 2.